The maximum atomic E-state index is 13.3. The van der Waals surface area contributed by atoms with Crippen molar-refractivity contribution >= 4 is 21.7 Å². The molecule has 0 radical (unpaired) electrons. The summed E-state index contributed by atoms with van der Waals surface area (Å²) in [5.74, 6) is 0.136. The first kappa shape index (κ1) is 19.8. The fourth-order valence-electron chi connectivity index (χ4n) is 2.59. The molecule has 6 nitrogen and oxygen atoms in total. The van der Waals surface area contributed by atoms with Gasteiger partial charge in [-0.3, -0.25) is 9.10 Å². The monoisotopic (exact) mass is 377 g/mol. The van der Waals surface area contributed by atoms with Crippen molar-refractivity contribution in [2.24, 2.45) is 0 Å². The second-order valence-corrected chi connectivity index (χ2v) is 7.76. The molecule has 0 heterocycles. The van der Waals surface area contributed by atoms with Crippen LogP contribution in [-0.2, 0) is 19.6 Å². The molecule has 140 valence electrons. The molecule has 7 heteroatoms. The van der Waals surface area contributed by atoms with Crippen molar-refractivity contribution in [3.63, 3.8) is 0 Å². The summed E-state index contributed by atoms with van der Waals surface area (Å²) in [4.78, 5) is 11.9. The number of carbonyl (C=O) groups is 1. The maximum Gasteiger partial charge on any atom is 0.307 e. The minimum Gasteiger partial charge on any atom is -0.497 e. The van der Waals surface area contributed by atoms with Crippen LogP contribution in [0.15, 0.2) is 53.4 Å². The van der Waals surface area contributed by atoms with Crippen LogP contribution >= 0.6 is 0 Å². The normalized spacial score (nSPS) is 12.3. The predicted molar refractivity (Wildman–Crippen MR) is 99.9 cm³/mol. The van der Waals surface area contributed by atoms with Gasteiger partial charge in [0.2, 0.25) is 0 Å². The van der Waals surface area contributed by atoms with Gasteiger partial charge in [-0.1, -0.05) is 17.7 Å². The Morgan fingerprint density at radius 2 is 1.62 bits per heavy atom. The smallest absolute Gasteiger partial charge is 0.307 e. The van der Waals surface area contributed by atoms with Gasteiger partial charge in [-0.2, -0.15) is 0 Å². The summed E-state index contributed by atoms with van der Waals surface area (Å²) in [5.41, 5.74) is 1.41. The number of carbonyl (C=O) groups excluding carboxylic acids is 1. The van der Waals surface area contributed by atoms with Gasteiger partial charge in [0, 0.05) is 0 Å². The fraction of sp³-hybridized carbons (Fsp3) is 0.316. The van der Waals surface area contributed by atoms with E-state index in [0.717, 1.165) is 5.56 Å². The molecule has 0 saturated heterocycles. The second-order valence-electron chi connectivity index (χ2n) is 5.94. The highest BCUT2D eigenvalue weighted by Gasteiger charge is 2.31. The molecule has 0 N–H and O–H groups in total. The van der Waals surface area contributed by atoms with Crippen LogP contribution in [0.25, 0.3) is 0 Å². The van der Waals surface area contributed by atoms with Gasteiger partial charge in [0.15, 0.2) is 0 Å². The number of sulfonamides is 1. The Morgan fingerprint density at radius 1 is 1.04 bits per heavy atom. The van der Waals surface area contributed by atoms with Crippen molar-refractivity contribution in [2.45, 2.75) is 31.2 Å². The summed E-state index contributed by atoms with van der Waals surface area (Å²) < 4.78 is 37.6. The van der Waals surface area contributed by atoms with Crippen LogP contribution in [0.2, 0.25) is 0 Å². The molecule has 0 spiro atoms. The van der Waals surface area contributed by atoms with Gasteiger partial charge in [-0.15, -0.1) is 0 Å². The van der Waals surface area contributed by atoms with Crippen LogP contribution in [0.5, 0.6) is 5.75 Å². The van der Waals surface area contributed by atoms with Crippen LogP contribution in [0.1, 0.15) is 18.9 Å². The van der Waals surface area contributed by atoms with Crippen molar-refractivity contribution < 1.29 is 22.7 Å². The zero-order chi connectivity index (χ0) is 19.3. The molecule has 1 atom stereocenters. The zero-order valence-electron chi connectivity index (χ0n) is 15.3. The SMILES string of the molecule is COC(=O)C[C@H](C)N(c1ccc(OC)cc1)S(=O)(=O)c1ccc(C)cc1. The number of rotatable bonds is 7. The fourth-order valence-corrected chi connectivity index (χ4v) is 4.25. The molecule has 0 fully saturated rings. The van der Waals surface area contributed by atoms with E-state index in [0.29, 0.717) is 11.4 Å². The third kappa shape index (κ3) is 4.35. The molecule has 26 heavy (non-hydrogen) atoms. The summed E-state index contributed by atoms with van der Waals surface area (Å²) in [6, 6.07) is 12.6. The molecule has 2 aromatic rings. The van der Waals surface area contributed by atoms with Gasteiger partial charge in [-0.25, -0.2) is 8.42 Å². The Kier molecular flexibility index (Phi) is 6.26. The number of aryl methyl sites for hydroxylation is 1. The Labute approximate surface area is 154 Å². The van der Waals surface area contributed by atoms with E-state index in [9.17, 15) is 13.2 Å². The van der Waals surface area contributed by atoms with Gasteiger partial charge in [0.05, 0.1) is 37.3 Å². The number of ether oxygens (including phenoxy) is 2. The zero-order valence-corrected chi connectivity index (χ0v) is 16.1. The Balaban J connectivity index is 2.50. The van der Waals surface area contributed by atoms with Gasteiger partial charge >= 0.3 is 5.97 Å². The first-order valence-corrected chi connectivity index (χ1v) is 9.55. The summed E-state index contributed by atoms with van der Waals surface area (Å²) >= 11 is 0. The first-order chi connectivity index (χ1) is 12.3. The minimum absolute atomic E-state index is 0.0619. The predicted octanol–water partition coefficient (Wildman–Crippen LogP) is 3.15. The molecular weight excluding hydrogens is 354 g/mol. The van der Waals surface area contributed by atoms with Gasteiger partial charge in [0.1, 0.15) is 5.75 Å². The second kappa shape index (κ2) is 8.23. The van der Waals surface area contributed by atoms with Gasteiger partial charge in [-0.05, 0) is 50.2 Å². The number of esters is 1. The third-order valence-corrected chi connectivity index (χ3v) is 5.95. The van der Waals surface area contributed by atoms with E-state index in [-0.39, 0.29) is 11.3 Å². The molecule has 0 aliphatic rings. The lowest BCUT2D eigenvalue weighted by atomic mass is 10.2. The molecule has 2 rings (SSSR count). The van der Waals surface area contributed by atoms with Crippen LogP contribution < -0.4 is 9.04 Å². The van der Waals surface area contributed by atoms with E-state index < -0.39 is 22.0 Å². The standard InChI is InChI=1S/C19H23NO5S/c1-14-5-11-18(12-6-14)26(22,23)20(15(2)13-19(21)25-4)16-7-9-17(24-3)10-8-16/h5-12,15H,13H2,1-4H3/t15-/m0/s1. The highest BCUT2D eigenvalue weighted by molar-refractivity contribution is 7.92. The van der Waals surface area contributed by atoms with Crippen molar-refractivity contribution in [3.05, 3.63) is 54.1 Å². The van der Waals surface area contributed by atoms with Crippen molar-refractivity contribution in [2.75, 3.05) is 18.5 Å². The van der Waals surface area contributed by atoms with E-state index in [1.54, 1.807) is 55.5 Å². The number of anilines is 1. The molecule has 0 amide bonds. The van der Waals surface area contributed by atoms with E-state index in [1.165, 1.54) is 18.5 Å². The Bertz CT molecular complexity index is 845. The highest BCUT2D eigenvalue weighted by Crippen LogP contribution is 2.29. The molecule has 0 aliphatic carbocycles. The molecule has 0 bridgehead atoms. The van der Waals surface area contributed by atoms with Crippen molar-refractivity contribution in [3.8, 4) is 5.75 Å². The molecule has 0 aromatic heterocycles. The first-order valence-electron chi connectivity index (χ1n) is 8.11. The highest BCUT2D eigenvalue weighted by atomic mass is 32.2. The average molecular weight is 377 g/mol. The molecule has 0 unspecified atom stereocenters. The average Bonchev–Trinajstić information content (AvgIpc) is 2.62. The Morgan fingerprint density at radius 3 is 2.12 bits per heavy atom. The van der Waals surface area contributed by atoms with Gasteiger partial charge in [0.25, 0.3) is 10.0 Å². The number of benzene rings is 2. The minimum atomic E-state index is -3.86. The molecule has 2 aromatic carbocycles. The summed E-state index contributed by atoms with van der Waals surface area (Å²) in [6.45, 7) is 3.56. The molecular formula is C19H23NO5S. The quantitative estimate of drug-likeness (QED) is 0.693. The maximum absolute atomic E-state index is 13.3. The van der Waals surface area contributed by atoms with Gasteiger partial charge < -0.3 is 9.47 Å². The third-order valence-electron chi connectivity index (χ3n) is 3.99. The number of methoxy groups -OCH3 is 2. The van der Waals surface area contributed by atoms with Crippen LogP contribution in [-0.4, -0.2) is 34.6 Å². The number of hydrogen-bond acceptors (Lipinski definition) is 5. The van der Waals surface area contributed by atoms with Crippen LogP contribution in [0.3, 0.4) is 0 Å². The summed E-state index contributed by atoms with van der Waals surface area (Å²) in [7, 11) is -1.04. The van der Waals surface area contributed by atoms with E-state index in [1.807, 2.05) is 6.92 Å². The number of hydrogen-bond donors (Lipinski definition) is 0. The lowest BCUT2D eigenvalue weighted by molar-refractivity contribution is -0.140. The largest absolute Gasteiger partial charge is 0.497 e. The van der Waals surface area contributed by atoms with Crippen LogP contribution in [0, 0.1) is 6.92 Å². The van der Waals surface area contributed by atoms with E-state index in [2.05, 4.69) is 0 Å². The number of nitrogens with zero attached hydrogens (tertiary/aromatic N) is 1. The molecule has 0 aliphatic heterocycles. The van der Waals surface area contributed by atoms with Crippen molar-refractivity contribution in [1.82, 2.24) is 0 Å². The van der Waals surface area contributed by atoms with E-state index >= 15 is 0 Å². The summed E-state index contributed by atoms with van der Waals surface area (Å²) in [6.07, 6.45) is -0.0619. The lowest BCUT2D eigenvalue weighted by Gasteiger charge is -2.30. The summed E-state index contributed by atoms with van der Waals surface area (Å²) in [5, 5.41) is 0. The van der Waals surface area contributed by atoms with Crippen LogP contribution in [0.4, 0.5) is 5.69 Å². The topological polar surface area (TPSA) is 72.9 Å². The Hall–Kier alpha value is -2.54. The van der Waals surface area contributed by atoms with E-state index in [4.69, 9.17) is 9.47 Å². The van der Waals surface area contributed by atoms with Crippen molar-refractivity contribution in [1.29, 1.82) is 0 Å². The lowest BCUT2D eigenvalue weighted by Crippen LogP contribution is -2.40. The molecule has 0 saturated carbocycles.